The van der Waals surface area contributed by atoms with Gasteiger partial charge in [0, 0.05) is 22.6 Å². The van der Waals surface area contributed by atoms with E-state index in [2.05, 4.69) is 21.2 Å². The summed E-state index contributed by atoms with van der Waals surface area (Å²) in [7, 11) is 0. The Hall–Kier alpha value is -0.900. The third kappa shape index (κ3) is 3.78. The summed E-state index contributed by atoms with van der Waals surface area (Å²) in [4.78, 5) is 0. The quantitative estimate of drug-likeness (QED) is 0.816. The van der Waals surface area contributed by atoms with Gasteiger partial charge in [-0.05, 0) is 46.6 Å². The molecule has 0 aliphatic rings. The second-order valence-electron chi connectivity index (χ2n) is 4.37. The highest BCUT2D eigenvalue weighted by Crippen LogP contribution is 2.23. The number of hydrogen-bond donors (Lipinski definition) is 1. The van der Waals surface area contributed by atoms with Gasteiger partial charge in [-0.2, -0.15) is 0 Å². The molecule has 0 saturated carbocycles. The molecule has 0 aliphatic heterocycles. The zero-order chi connectivity index (χ0) is 13.8. The molecule has 1 nitrogen and oxygen atoms in total. The van der Waals surface area contributed by atoms with Crippen molar-refractivity contribution in [3.8, 4) is 0 Å². The SMILES string of the molecule is CC(NCc1ccc(Cl)c(Br)c1)c1ccccc1F. The normalized spacial score (nSPS) is 12.4. The van der Waals surface area contributed by atoms with E-state index in [9.17, 15) is 4.39 Å². The lowest BCUT2D eigenvalue weighted by atomic mass is 10.1. The third-order valence-corrected chi connectivity index (χ3v) is 4.18. The minimum Gasteiger partial charge on any atom is -0.306 e. The third-order valence-electron chi connectivity index (χ3n) is 2.97. The molecule has 1 atom stereocenters. The van der Waals surface area contributed by atoms with Crippen molar-refractivity contribution in [1.82, 2.24) is 5.32 Å². The van der Waals surface area contributed by atoms with Crippen molar-refractivity contribution in [2.75, 3.05) is 0 Å². The first-order valence-corrected chi connectivity index (χ1v) is 7.17. The molecular formula is C15H14BrClFN. The molecule has 2 rings (SSSR count). The van der Waals surface area contributed by atoms with Gasteiger partial charge in [-0.3, -0.25) is 0 Å². The molecule has 1 N–H and O–H groups in total. The summed E-state index contributed by atoms with van der Waals surface area (Å²) >= 11 is 9.33. The average Bonchev–Trinajstić information content (AvgIpc) is 2.40. The highest BCUT2D eigenvalue weighted by Gasteiger charge is 2.09. The van der Waals surface area contributed by atoms with Crippen molar-refractivity contribution in [2.45, 2.75) is 19.5 Å². The van der Waals surface area contributed by atoms with Crippen molar-refractivity contribution >= 4 is 27.5 Å². The van der Waals surface area contributed by atoms with Crippen LogP contribution in [-0.4, -0.2) is 0 Å². The fraction of sp³-hybridized carbons (Fsp3) is 0.200. The Bertz CT molecular complexity index is 574. The van der Waals surface area contributed by atoms with Gasteiger partial charge < -0.3 is 5.32 Å². The summed E-state index contributed by atoms with van der Waals surface area (Å²) < 4.78 is 14.5. The number of hydrogen-bond acceptors (Lipinski definition) is 1. The smallest absolute Gasteiger partial charge is 0.127 e. The predicted molar refractivity (Wildman–Crippen MR) is 80.8 cm³/mol. The van der Waals surface area contributed by atoms with Crippen LogP contribution >= 0.6 is 27.5 Å². The fourth-order valence-corrected chi connectivity index (χ4v) is 2.40. The Morgan fingerprint density at radius 1 is 1.26 bits per heavy atom. The molecule has 1 unspecified atom stereocenters. The van der Waals surface area contributed by atoms with Crippen LogP contribution in [0.1, 0.15) is 24.1 Å². The monoisotopic (exact) mass is 341 g/mol. The molecule has 2 aromatic rings. The minimum absolute atomic E-state index is 0.0457. The van der Waals surface area contributed by atoms with Crippen LogP contribution in [-0.2, 0) is 6.54 Å². The van der Waals surface area contributed by atoms with Gasteiger partial charge in [-0.25, -0.2) is 4.39 Å². The molecule has 0 radical (unpaired) electrons. The van der Waals surface area contributed by atoms with Gasteiger partial charge >= 0.3 is 0 Å². The largest absolute Gasteiger partial charge is 0.306 e. The Morgan fingerprint density at radius 3 is 2.68 bits per heavy atom. The maximum Gasteiger partial charge on any atom is 0.127 e. The summed E-state index contributed by atoms with van der Waals surface area (Å²) in [6.45, 7) is 2.61. The zero-order valence-corrected chi connectivity index (χ0v) is 12.8. The minimum atomic E-state index is -0.181. The Labute approximate surface area is 125 Å². The molecule has 0 saturated heterocycles. The molecule has 0 heterocycles. The lowest BCUT2D eigenvalue weighted by Crippen LogP contribution is -2.19. The zero-order valence-electron chi connectivity index (χ0n) is 10.5. The van der Waals surface area contributed by atoms with Crippen molar-refractivity contribution in [3.05, 3.63) is 68.9 Å². The molecular weight excluding hydrogens is 329 g/mol. The van der Waals surface area contributed by atoms with Crippen LogP contribution in [0.4, 0.5) is 4.39 Å². The van der Waals surface area contributed by atoms with E-state index in [1.165, 1.54) is 6.07 Å². The summed E-state index contributed by atoms with van der Waals surface area (Å²) in [5, 5.41) is 3.98. The van der Waals surface area contributed by atoms with E-state index in [1.807, 2.05) is 31.2 Å². The first-order chi connectivity index (χ1) is 9.08. The van der Waals surface area contributed by atoms with Crippen LogP contribution in [0.3, 0.4) is 0 Å². The topological polar surface area (TPSA) is 12.0 Å². The van der Waals surface area contributed by atoms with E-state index < -0.39 is 0 Å². The molecule has 4 heteroatoms. The van der Waals surface area contributed by atoms with Crippen molar-refractivity contribution < 1.29 is 4.39 Å². The van der Waals surface area contributed by atoms with Crippen LogP contribution in [0, 0.1) is 5.82 Å². The van der Waals surface area contributed by atoms with Crippen LogP contribution in [0.15, 0.2) is 46.9 Å². The number of benzene rings is 2. The number of nitrogens with one attached hydrogen (secondary N) is 1. The first kappa shape index (κ1) is 14.5. The van der Waals surface area contributed by atoms with Gasteiger partial charge in [0.2, 0.25) is 0 Å². The Kier molecular flexibility index (Phi) is 4.97. The van der Waals surface area contributed by atoms with E-state index in [0.717, 1.165) is 10.0 Å². The predicted octanol–water partition coefficient (Wildman–Crippen LogP) is 5.09. The van der Waals surface area contributed by atoms with E-state index in [4.69, 9.17) is 11.6 Å². The molecule has 19 heavy (non-hydrogen) atoms. The standard InChI is InChI=1S/C15H14BrClFN/c1-10(12-4-2-3-5-15(12)18)19-9-11-6-7-14(17)13(16)8-11/h2-8,10,19H,9H2,1H3. The van der Waals surface area contributed by atoms with Gasteiger partial charge in [0.15, 0.2) is 0 Å². The van der Waals surface area contributed by atoms with E-state index in [-0.39, 0.29) is 11.9 Å². The lowest BCUT2D eigenvalue weighted by molar-refractivity contribution is 0.528. The van der Waals surface area contributed by atoms with E-state index >= 15 is 0 Å². The second kappa shape index (κ2) is 6.51. The highest BCUT2D eigenvalue weighted by atomic mass is 79.9. The van der Waals surface area contributed by atoms with E-state index in [1.54, 1.807) is 12.1 Å². The Balaban J connectivity index is 2.02. The summed E-state index contributed by atoms with van der Waals surface area (Å²) in [6.07, 6.45) is 0. The molecule has 0 bridgehead atoms. The lowest BCUT2D eigenvalue weighted by Gasteiger charge is -2.15. The van der Waals surface area contributed by atoms with Crippen molar-refractivity contribution in [1.29, 1.82) is 0 Å². The fourth-order valence-electron chi connectivity index (χ4n) is 1.86. The molecule has 2 aromatic carbocycles. The molecule has 0 fully saturated rings. The van der Waals surface area contributed by atoms with Gasteiger partial charge in [-0.15, -0.1) is 0 Å². The summed E-state index contributed by atoms with van der Waals surface area (Å²) in [5.74, 6) is -0.181. The maximum absolute atomic E-state index is 13.6. The molecule has 0 amide bonds. The van der Waals surface area contributed by atoms with E-state index in [0.29, 0.717) is 17.1 Å². The van der Waals surface area contributed by atoms with Crippen molar-refractivity contribution in [3.63, 3.8) is 0 Å². The number of rotatable bonds is 4. The summed E-state index contributed by atoms with van der Waals surface area (Å²) in [5.41, 5.74) is 1.77. The van der Waals surface area contributed by atoms with Gasteiger partial charge in [0.25, 0.3) is 0 Å². The molecule has 0 aromatic heterocycles. The van der Waals surface area contributed by atoms with Crippen molar-refractivity contribution in [2.24, 2.45) is 0 Å². The maximum atomic E-state index is 13.6. The van der Waals surface area contributed by atoms with Crippen LogP contribution in [0.2, 0.25) is 5.02 Å². The molecule has 0 aliphatic carbocycles. The molecule has 0 spiro atoms. The molecule has 100 valence electrons. The van der Waals surface area contributed by atoms with Gasteiger partial charge in [0.05, 0.1) is 5.02 Å². The van der Waals surface area contributed by atoms with Crippen LogP contribution in [0.5, 0.6) is 0 Å². The van der Waals surface area contributed by atoms with Gasteiger partial charge in [0.1, 0.15) is 5.82 Å². The Morgan fingerprint density at radius 2 is 2.00 bits per heavy atom. The second-order valence-corrected chi connectivity index (χ2v) is 5.63. The average molecular weight is 343 g/mol. The first-order valence-electron chi connectivity index (χ1n) is 5.99. The summed E-state index contributed by atoms with van der Waals surface area (Å²) in [6, 6.07) is 12.5. The van der Waals surface area contributed by atoms with Crippen LogP contribution in [0.25, 0.3) is 0 Å². The number of halogens is 3. The highest BCUT2D eigenvalue weighted by molar-refractivity contribution is 9.10. The van der Waals surface area contributed by atoms with Crippen LogP contribution < -0.4 is 5.32 Å². The van der Waals surface area contributed by atoms with Gasteiger partial charge in [-0.1, -0.05) is 35.9 Å².